The Morgan fingerprint density at radius 2 is 2.00 bits per heavy atom. The number of carbonyl (C=O) groups is 1. The van der Waals surface area contributed by atoms with Crippen molar-refractivity contribution in [3.05, 3.63) is 23.7 Å². The molecule has 7 heteroatoms. The molecule has 0 aromatic carbocycles. The minimum absolute atomic E-state index is 0.0774. The van der Waals surface area contributed by atoms with Crippen LogP contribution in [0.15, 0.2) is 16.5 Å². The van der Waals surface area contributed by atoms with Crippen molar-refractivity contribution in [2.75, 3.05) is 13.1 Å². The van der Waals surface area contributed by atoms with Gasteiger partial charge < -0.3 is 14.4 Å². The molecule has 0 atom stereocenters. The van der Waals surface area contributed by atoms with Crippen LogP contribution in [0.2, 0.25) is 0 Å². The molecule has 1 aliphatic rings. The van der Waals surface area contributed by atoms with Gasteiger partial charge in [-0.15, -0.1) is 0 Å². The fraction of sp³-hybridized carbons (Fsp3) is 0.643. The lowest BCUT2D eigenvalue weighted by Gasteiger charge is -2.39. The number of amides is 1. The van der Waals surface area contributed by atoms with Gasteiger partial charge in [-0.25, -0.2) is 0 Å². The van der Waals surface area contributed by atoms with Gasteiger partial charge in [0, 0.05) is 38.8 Å². The molecule has 0 unspecified atom stereocenters. The highest BCUT2D eigenvalue weighted by Gasteiger charge is 2.54. The summed E-state index contributed by atoms with van der Waals surface area (Å²) in [6, 6.07) is 3.57. The zero-order chi connectivity index (χ0) is 15.7. The lowest BCUT2D eigenvalue weighted by Crippen LogP contribution is -2.54. The first-order valence-electron chi connectivity index (χ1n) is 6.83. The summed E-state index contributed by atoms with van der Waals surface area (Å²) in [7, 11) is 0. The molecule has 0 aliphatic carbocycles. The maximum atomic E-state index is 12.7. The second-order valence-electron chi connectivity index (χ2n) is 5.42. The maximum Gasteiger partial charge on any atom is 0.417 e. The number of aliphatic hydroxyl groups is 1. The Bertz CT molecular complexity index is 502. The second-order valence-corrected chi connectivity index (χ2v) is 5.42. The van der Waals surface area contributed by atoms with Crippen molar-refractivity contribution >= 4 is 5.91 Å². The quantitative estimate of drug-likeness (QED) is 0.933. The largest absolute Gasteiger partial charge is 0.466 e. The van der Waals surface area contributed by atoms with Crippen molar-refractivity contribution in [1.29, 1.82) is 0 Å². The molecule has 4 nitrogen and oxygen atoms in total. The highest BCUT2D eigenvalue weighted by molar-refractivity contribution is 5.76. The molecule has 0 bridgehead atoms. The van der Waals surface area contributed by atoms with Crippen LogP contribution in [0.3, 0.4) is 0 Å². The lowest BCUT2D eigenvalue weighted by molar-refractivity contribution is -0.272. The third-order valence-electron chi connectivity index (χ3n) is 3.85. The Hall–Kier alpha value is -1.50. The lowest BCUT2D eigenvalue weighted by atomic mass is 9.90. The van der Waals surface area contributed by atoms with Gasteiger partial charge in [0.1, 0.15) is 11.5 Å². The number of rotatable bonds is 3. The fourth-order valence-corrected chi connectivity index (χ4v) is 2.42. The first kappa shape index (κ1) is 15.9. The molecule has 1 aromatic rings. The molecular weight excluding hydrogens is 287 g/mol. The first-order valence-corrected chi connectivity index (χ1v) is 6.83. The molecule has 0 radical (unpaired) electrons. The molecule has 2 rings (SSSR count). The van der Waals surface area contributed by atoms with Crippen LogP contribution in [0.5, 0.6) is 0 Å². The molecule has 118 valence electrons. The van der Waals surface area contributed by atoms with Crippen LogP contribution in [-0.2, 0) is 11.2 Å². The molecule has 1 fully saturated rings. The molecule has 0 spiro atoms. The third-order valence-corrected chi connectivity index (χ3v) is 3.85. The van der Waals surface area contributed by atoms with Crippen LogP contribution in [-0.4, -0.2) is 40.8 Å². The molecule has 1 N–H and O–H groups in total. The second kappa shape index (κ2) is 5.71. The summed E-state index contributed by atoms with van der Waals surface area (Å²) < 4.78 is 43.3. The van der Waals surface area contributed by atoms with Crippen molar-refractivity contribution in [2.24, 2.45) is 0 Å². The molecule has 1 aliphatic heterocycles. The zero-order valence-electron chi connectivity index (χ0n) is 11.7. The van der Waals surface area contributed by atoms with Crippen LogP contribution in [0.25, 0.3) is 0 Å². The van der Waals surface area contributed by atoms with Gasteiger partial charge in [-0.3, -0.25) is 4.79 Å². The monoisotopic (exact) mass is 305 g/mol. The first-order chi connectivity index (χ1) is 9.71. The molecule has 1 saturated heterocycles. The van der Waals surface area contributed by atoms with E-state index in [1.165, 1.54) is 4.90 Å². The highest BCUT2D eigenvalue weighted by atomic mass is 19.4. The molecule has 1 amide bonds. The van der Waals surface area contributed by atoms with Gasteiger partial charge >= 0.3 is 6.18 Å². The van der Waals surface area contributed by atoms with E-state index in [4.69, 9.17) is 4.42 Å². The van der Waals surface area contributed by atoms with Gasteiger partial charge in [0.2, 0.25) is 5.91 Å². The number of carbonyl (C=O) groups excluding carboxylic acids is 1. The Kier molecular flexibility index (Phi) is 4.32. The van der Waals surface area contributed by atoms with Crippen LogP contribution >= 0.6 is 0 Å². The van der Waals surface area contributed by atoms with Gasteiger partial charge in [-0.1, -0.05) is 0 Å². The van der Waals surface area contributed by atoms with Gasteiger partial charge in [0.25, 0.3) is 0 Å². The average molecular weight is 305 g/mol. The average Bonchev–Trinajstić information content (AvgIpc) is 2.81. The minimum Gasteiger partial charge on any atom is -0.466 e. The van der Waals surface area contributed by atoms with E-state index in [2.05, 4.69) is 0 Å². The summed E-state index contributed by atoms with van der Waals surface area (Å²) in [6.07, 6.45) is -4.97. The molecule has 21 heavy (non-hydrogen) atoms. The van der Waals surface area contributed by atoms with Crippen LogP contribution in [0.4, 0.5) is 13.2 Å². The molecule has 0 saturated carbocycles. The van der Waals surface area contributed by atoms with Crippen LogP contribution < -0.4 is 0 Å². The van der Waals surface area contributed by atoms with Crippen molar-refractivity contribution < 1.29 is 27.5 Å². The number of hydrogen-bond donors (Lipinski definition) is 1. The topological polar surface area (TPSA) is 53.7 Å². The van der Waals surface area contributed by atoms with E-state index in [-0.39, 0.29) is 25.4 Å². The van der Waals surface area contributed by atoms with Gasteiger partial charge in [-0.05, 0) is 19.1 Å². The number of likely N-dealkylation sites (tertiary alicyclic amines) is 1. The number of nitrogens with zero attached hydrogens (tertiary/aromatic N) is 1. The third kappa shape index (κ3) is 3.58. The zero-order valence-corrected chi connectivity index (χ0v) is 11.7. The highest BCUT2D eigenvalue weighted by Crippen LogP contribution is 2.38. The maximum absolute atomic E-state index is 12.7. The summed E-state index contributed by atoms with van der Waals surface area (Å²) in [5.41, 5.74) is -2.66. The van der Waals surface area contributed by atoms with Crippen molar-refractivity contribution in [3.63, 3.8) is 0 Å². The molecular formula is C14H18F3NO3. The summed E-state index contributed by atoms with van der Waals surface area (Å²) >= 11 is 0. The minimum atomic E-state index is -4.65. The number of alkyl halides is 3. The Balaban J connectivity index is 1.83. The van der Waals surface area contributed by atoms with E-state index in [9.17, 15) is 23.1 Å². The number of aryl methyl sites for hydroxylation is 2. The Morgan fingerprint density at radius 1 is 1.38 bits per heavy atom. The SMILES string of the molecule is Cc1ccc(CCC(=O)N2CCC(O)(C(F)(F)F)CC2)o1. The Labute approximate surface area is 120 Å². The van der Waals surface area contributed by atoms with E-state index in [1.807, 2.05) is 0 Å². The summed E-state index contributed by atoms with van der Waals surface area (Å²) in [5, 5.41) is 9.54. The smallest absolute Gasteiger partial charge is 0.417 e. The molecule has 2 heterocycles. The van der Waals surface area contributed by atoms with Crippen LogP contribution in [0, 0.1) is 6.92 Å². The van der Waals surface area contributed by atoms with E-state index in [0.29, 0.717) is 12.2 Å². The number of hydrogen-bond acceptors (Lipinski definition) is 3. The van der Waals surface area contributed by atoms with E-state index < -0.39 is 24.6 Å². The van der Waals surface area contributed by atoms with Crippen molar-refractivity contribution in [3.8, 4) is 0 Å². The van der Waals surface area contributed by atoms with Gasteiger partial charge in [-0.2, -0.15) is 13.2 Å². The molecule has 1 aromatic heterocycles. The van der Waals surface area contributed by atoms with Gasteiger partial charge in [0.15, 0.2) is 5.60 Å². The number of furan rings is 1. The van der Waals surface area contributed by atoms with E-state index in [1.54, 1.807) is 19.1 Å². The Morgan fingerprint density at radius 3 is 2.48 bits per heavy atom. The van der Waals surface area contributed by atoms with Crippen molar-refractivity contribution in [2.45, 2.75) is 44.4 Å². The van der Waals surface area contributed by atoms with E-state index >= 15 is 0 Å². The van der Waals surface area contributed by atoms with Crippen LogP contribution in [0.1, 0.15) is 30.8 Å². The predicted molar refractivity (Wildman–Crippen MR) is 68.6 cm³/mol. The van der Waals surface area contributed by atoms with E-state index in [0.717, 1.165) is 5.76 Å². The summed E-state index contributed by atoms with van der Waals surface area (Å²) in [6.45, 7) is 1.64. The van der Waals surface area contributed by atoms with Crippen molar-refractivity contribution in [1.82, 2.24) is 4.90 Å². The summed E-state index contributed by atoms with van der Waals surface area (Å²) in [4.78, 5) is 13.3. The predicted octanol–water partition coefficient (Wildman–Crippen LogP) is 2.44. The summed E-state index contributed by atoms with van der Waals surface area (Å²) in [5.74, 6) is 1.23. The van der Waals surface area contributed by atoms with Gasteiger partial charge in [0.05, 0.1) is 0 Å². The number of piperidine rings is 1. The normalized spacial score (nSPS) is 18.8. The standard InChI is InChI=1S/C14H18F3NO3/c1-10-2-3-11(21-10)4-5-12(19)18-8-6-13(20,7-9-18)14(15,16)17/h2-3,20H,4-9H2,1H3. The fourth-order valence-electron chi connectivity index (χ4n) is 2.42. The number of halogens is 3.